The van der Waals surface area contributed by atoms with Gasteiger partial charge in [-0.3, -0.25) is 23.4 Å². The molecule has 68 heavy (non-hydrogen) atoms. The number of quaternary nitrogens is 1. The molecule has 396 valence electrons. The largest absolute Gasteiger partial charge is 0.481 e. The maximum absolute atomic E-state index is 13.1. The van der Waals surface area contributed by atoms with Gasteiger partial charge in [0.1, 0.15) is 25.8 Å². The number of phosphoric acid groups is 1. The smallest absolute Gasteiger partial charge is 0.472 e. The van der Waals surface area contributed by atoms with Gasteiger partial charge in [0.15, 0.2) is 6.10 Å². The zero-order valence-electron chi connectivity index (χ0n) is 43.3. The predicted molar refractivity (Wildman–Crippen MR) is 281 cm³/mol. The van der Waals surface area contributed by atoms with Gasteiger partial charge in [-0.2, -0.15) is 0 Å². The number of rotatable bonds is 48. The van der Waals surface area contributed by atoms with Crippen LogP contribution in [0.15, 0.2) is 48.6 Å². The standard InChI is InChI=1S/C53H97N2O11PS/c1-6-8-10-12-14-16-18-20-21-22-23-24-25-26-28-30-32-34-36-41-52(59)66-47(45-65-67(61,62)64-43-42-55(3,4)5)44-63-53(60)48(54)46-68-50(49(56)38-37-40-51(57)58)39-35-33-31-29-27-19-17-15-13-11-9-7-2/h15,17,27,29,31,33,35,39,47-50,56H,6-14,16,18-26,28,30,32,34,36-38,40-46,54H2,1-5H3,(H-,57,58,61,62)/p+1/b17-15-,29-27-,33-31+,39-35+/t47-,48+,49+,50-/m1/s1. The number of aliphatic carboxylic acids is 1. The van der Waals surface area contributed by atoms with Crippen molar-refractivity contribution in [2.45, 2.75) is 217 Å². The second-order valence-electron chi connectivity index (χ2n) is 19.1. The number of carbonyl (C=O) groups is 3. The van der Waals surface area contributed by atoms with Gasteiger partial charge in [0.25, 0.3) is 0 Å². The van der Waals surface area contributed by atoms with Crippen molar-refractivity contribution in [1.82, 2.24) is 0 Å². The van der Waals surface area contributed by atoms with Crippen molar-refractivity contribution in [3.63, 3.8) is 0 Å². The van der Waals surface area contributed by atoms with Crippen LogP contribution in [-0.4, -0.2) is 114 Å². The lowest BCUT2D eigenvalue weighted by Gasteiger charge is -2.24. The van der Waals surface area contributed by atoms with Gasteiger partial charge in [-0.15, -0.1) is 11.8 Å². The van der Waals surface area contributed by atoms with E-state index in [1.54, 1.807) is 12.2 Å². The van der Waals surface area contributed by atoms with Crippen molar-refractivity contribution in [3.05, 3.63) is 48.6 Å². The molecule has 0 aliphatic heterocycles. The summed E-state index contributed by atoms with van der Waals surface area (Å²) in [5.74, 6) is -2.22. The first kappa shape index (κ1) is 65.7. The molecule has 0 heterocycles. The number of likely N-dealkylation sites (N-methyl/N-ethyl adjacent to an activating group) is 1. The van der Waals surface area contributed by atoms with Crippen molar-refractivity contribution in [2.75, 3.05) is 53.3 Å². The Balaban J connectivity index is 5.05. The SMILES string of the molecule is CCCCC/C=C\C\C=C/C=C/C=C/[C@@H](SC[C@H](N)C(=O)OC[C@H](COP(=O)(O)OCC[N+](C)(C)C)OC(=O)CCCCCCCCCCCCCCCCCCCCC)[C@@H](O)CCCC(=O)O. The van der Waals surface area contributed by atoms with Gasteiger partial charge in [0.2, 0.25) is 0 Å². The highest BCUT2D eigenvalue weighted by atomic mass is 32.2. The number of thioether (sulfide) groups is 1. The van der Waals surface area contributed by atoms with E-state index < -0.39 is 62.4 Å². The molecule has 0 saturated heterocycles. The van der Waals surface area contributed by atoms with Gasteiger partial charge in [0, 0.05) is 23.8 Å². The highest BCUT2D eigenvalue weighted by Crippen LogP contribution is 2.43. The molecule has 0 bridgehead atoms. The van der Waals surface area contributed by atoms with Crippen LogP contribution in [0, 0.1) is 0 Å². The summed E-state index contributed by atoms with van der Waals surface area (Å²) in [7, 11) is 1.22. The number of unbranched alkanes of at least 4 members (excludes halogenated alkanes) is 21. The third-order valence-electron chi connectivity index (χ3n) is 11.4. The van der Waals surface area contributed by atoms with E-state index in [2.05, 4.69) is 26.0 Å². The van der Waals surface area contributed by atoms with E-state index in [0.29, 0.717) is 17.4 Å². The summed E-state index contributed by atoms with van der Waals surface area (Å²) >= 11 is 1.23. The molecular formula is C53H98N2O11PS+. The van der Waals surface area contributed by atoms with E-state index in [9.17, 15) is 28.9 Å². The molecule has 13 nitrogen and oxygen atoms in total. The maximum Gasteiger partial charge on any atom is 0.472 e. The molecule has 0 aliphatic carbocycles. The highest BCUT2D eigenvalue weighted by Gasteiger charge is 2.28. The fourth-order valence-corrected chi connectivity index (χ4v) is 8.97. The molecule has 0 radical (unpaired) electrons. The van der Waals surface area contributed by atoms with E-state index in [1.807, 2.05) is 45.4 Å². The Morgan fingerprint density at radius 1 is 0.676 bits per heavy atom. The monoisotopic (exact) mass is 1000 g/mol. The van der Waals surface area contributed by atoms with Crippen LogP contribution in [-0.2, 0) is 37.5 Å². The van der Waals surface area contributed by atoms with Gasteiger partial charge in [0.05, 0.1) is 33.9 Å². The van der Waals surface area contributed by atoms with E-state index in [-0.39, 0.29) is 38.0 Å². The van der Waals surface area contributed by atoms with Crippen LogP contribution in [0.3, 0.4) is 0 Å². The van der Waals surface area contributed by atoms with Crippen molar-refractivity contribution < 1.29 is 57.1 Å². The Morgan fingerprint density at radius 3 is 1.78 bits per heavy atom. The first-order valence-corrected chi connectivity index (χ1v) is 28.8. The molecule has 0 aromatic carbocycles. The lowest BCUT2D eigenvalue weighted by Crippen LogP contribution is -2.39. The highest BCUT2D eigenvalue weighted by molar-refractivity contribution is 8.00. The Bertz CT molecular complexity index is 1420. The summed E-state index contributed by atoms with van der Waals surface area (Å²) in [5.41, 5.74) is 6.23. The van der Waals surface area contributed by atoms with E-state index in [1.165, 1.54) is 127 Å². The number of aliphatic hydroxyl groups excluding tert-OH is 1. The number of carboxylic acids is 1. The zero-order valence-corrected chi connectivity index (χ0v) is 45.0. The molecule has 5 atom stereocenters. The van der Waals surface area contributed by atoms with Crippen LogP contribution >= 0.6 is 19.6 Å². The number of aliphatic hydroxyl groups is 1. The molecule has 0 rings (SSSR count). The first-order chi connectivity index (χ1) is 32.6. The number of carbonyl (C=O) groups excluding carboxylic acids is 2. The van der Waals surface area contributed by atoms with E-state index >= 15 is 0 Å². The first-order valence-electron chi connectivity index (χ1n) is 26.3. The number of allylic oxidation sites excluding steroid dienone is 7. The Morgan fingerprint density at radius 2 is 1.22 bits per heavy atom. The average molecular weight is 1000 g/mol. The van der Waals surface area contributed by atoms with Crippen LogP contribution in [0.1, 0.15) is 194 Å². The fourth-order valence-electron chi connectivity index (χ4n) is 7.10. The number of esters is 2. The minimum atomic E-state index is -4.51. The topological polar surface area (TPSA) is 192 Å². The second kappa shape index (κ2) is 44.6. The number of carboxylic acid groups (broad SMARTS) is 1. The van der Waals surface area contributed by atoms with E-state index in [0.717, 1.165) is 32.1 Å². The van der Waals surface area contributed by atoms with Crippen LogP contribution in [0.2, 0.25) is 0 Å². The lowest BCUT2D eigenvalue weighted by molar-refractivity contribution is -0.870. The molecule has 0 aliphatic rings. The fraction of sp³-hybridized carbons (Fsp3) is 0.792. The average Bonchev–Trinajstić information content (AvgIpc) is 3.28. The van der Waals surface area contributed by atoms with Crippen molar-refractivity contribution >= 4 is 37.5 Å². The number of ether oxygens (including phenoxy) is 2. The van der Waals surface area contributed by atoms with Crippen LogP contribution in [0.4, 0.5) is 0 Å². The van der Waals surface area contributed by atoms with Gasteiger partial charge < -0.3 is 34.8 Å². The summed E-state index contributed by atoms with van der Waals surface area (Å²) in [6, 6.07) is -1.12. The molecule has 0 aromatic rings. The van der Waals surface area contributed by atoms with E-state index in [4.69, 9.17) is 29.4 Å². The van der Waals surface area contributed by atoms with Crippen molar-refractivity contribution in [1.29, 1.82) is 0 Å². The second-order valence-corrected chi connectivity index (χ2v) is 21.8. The van der Waals surface area contributed by atoms with Crippen LogP contribution < -0.4 is 5.73 Å². The third kappa shape index (κ3) is 44.9. The minimum Gasteiger partial charge on any atom is -0.481 e. The summed E-state index contributed by atoms with van der Waals surface area (Å²) in [4.78, 5) is 47.4. The lowest BCUT2D eigenvalue weighted by atomic mass is 10.0. The maximum atomic E-state index is 13.1. The molecule has 5 N–H and O–H groups in total. The molecule has 0 saturated carbocycles. The number of hydrogen-bond acceptors (Lipinski definition) is 11. The molecular weight excluding hydrogens is 904 g/mol. The zero-order chi connectivity index (χ0) is 50.6. The van der Waals surface area contributed by atoms with Gasteiger partial charge in [-0.05, 0) is 38.5 Å². The molecule has 0 fully saturated rings. The van der Waals surface area contributed by atoms with Crippen molar-refractivity contribution in [3.8, 4) is 0 Å². The van der Waals surface area contributed by atoms with Gasteiger partial charge in [-0.25, -0.2) is 4.57 Å². The minimum absolute atomic E-state index is 0.0441. The summed E-state index contributed by atoms with van der Waals surface area (Å²) in [5, 5.41) is 19.5. The van der Waals surface area contributed by atoms with Crippen molar-refractivity contribution in [2.24, 2.45) is 5.73 Å². The normalized spacial score (nSPS) is 15.1. The van der Waals surface area contributed by atoms with Crippen LogP contribution in [0.5, 0.6) is 0 Å². The number of nitrogens with two attached hydrogens (primary N) is 1. The van der Waals surface area contributed by atoms with Crippen LogP contribution in [0.25, 0.3) is 0 Å². The molecule has 15 heteroatoms. The molecule has 1 unspecified atom stereocenters. The molecule has 0 spiro atoms. The third-order valence-corrected chi connectivity index (χ3v) is 13.8. The van der Waals surface area contributed by atoms with Gasteiger partial charge >= 0.3 is 25.7 Å². The summed E-state index contributed by atoms with van der Waals surface area (Å²) in [6.07, 6.45) is 43.3. The Hall–Kier alpha value is -2.29. The number of phosphoric ester groups is 1. The molecule has 0 amide bonds. The quantitative estimate of drug-likeness (QED) is 0.0113. The summed E-state index contributed by atoms with van der Waals surface area (Å²) in [6.45, 7) is 3.84. The summed E-state index contributed by atoms with van der Waals surface area (Å²) < 4.78 is 34.5. The predicted octanol–water partition coefficient (Wildman–Crippen LogP) is 12.3. The molecule has 0 aromatic heterocycles. The Kier molecular flexibility index (Phi) is 43.1. The number of nitrogens with zero attached hydrogens (tertiary/aromatic N) is 1. The Labute approximate surface area is 417 Å². The van der Waals surface area contributed by atoms with Gasteiger partial charge in [-0.1, -0.05) is 191 Å². The number of hydrogen-bond donors (Lipinski definition) is 4.